The second-order valence-electron chi connectivity index (χ2n) is 8.13. The minimum absolute atomic E-state index is 0.0597. The molecule has 3 aromatic rings. The Kier molecular flexibility index (Phi) is 5.11. The second kappa shape index (κ2) is 8.11. The number of hydrogen-bond donors (Lipinski definition) is 0. The number of amides is 4. The van der Waals surface area contributed by atoms with Crippen molar-refractivity contribution >= 4 is 23.6 Å². The number of imide groups is 2. The lowest BCUT2D eigenvalue weighted by Gasteiger charge is -2.34. The molecular formula is C26H21N3O4. The molecule has 2 heterocycles. The number of nitrogens with zero attached hydrogens (tertiary/aromatic N) is 3. The Balaban J connectivity index is 1.46. The smallest absolute Gasteiger partial charge is 0.262 e. The van der Waals surface area contributed by atoms with Crippen molar-refractivity contribution in [2.45, 2.75) is 13.0 Å². The molecule has 1 atom stereocenters. The molecule has 2 aliphatic heterocycles. The maximum absolute atomic E-state index is 13.0. The SMILES string of the molecule is CC(c1ccccc1)N(CN1C(=O)c2ccccc2C1=O)CN1C(=O)c2ccccc2C1=O. The molecule has 33 heavy (non-hydrogen) atoms. The zero-order valence-corrected chi connectivity index (χ0v) is 18.0. The highest BCUT2D eigenvalue weighted by Crippen LogP contribution is 2.29. The highest BCUT2D eigenvalue weighted by atomic mass is 16.2. The van der Waals surface area contributed by atoms with Crippen LogP contribution < -0.4 is 0 Å². The Bertz CT molecular complexity index is 1140. The molecule has 0 aromatic heterocycles. The van der Waals surface area contributed by atoms with Crippen molar-refractivity contribution in [3.8, 4) is 0 Å². The third kappa shape index (κ3) is 3.43. The van der Waals surface area contributed by atoms with Gasteiger partial charge in [-0.05, 0) is 36.8 Å². The van der Waals surface area contributed by atoms with Gasteiger partial charge in [-0.25, -0.2) is 0 Å². The Hall–Kier alpha value is -4.10. The van der Waals surface area contributed by atoms with E-state index in [1.54, 1.807) is 53.4 Å². The largest absolute Gasteiger partial charge is 0.269 e. The topological polar surface area (TPSA) is 78.0 Å². The van der Waals surface area contributed by atoms with E-state index >= 15 is 0 Å². The normalized spacial score (nSPS) is 15.9. The van der Waals surface area contributed by atoms with Gasteiger partial charge < -0.3 is 0 Å². The van der Waals surface area contributed by atoms with E-state index in [0.29, 0.717) is 22.3 Å². The fraction of sp³-hybridized carbons (Fsp3) is 0.154. The van der Waals surface area contributed by atoms with Gasteiger partial charge in [-0.15, -0.1) is 0 Å². The highest BCUT2D eigenvalue weighted by molar-refractivity contribution is 6.22. The van der Waals surface area contributed by atoms with E-state index in [9.17, 15) is 19.2 Å². The summed E-state index contributed by atoms with van der Waals surface area (Å²) in [7, 11) is 0. The molecule has 0 saturated heterocycles. The van der Waals surface area contributed by atoms with E-state index in [2.05, 4.69) is 0 Å². The molecule has 7 heteroatoms. The molecule has 0 saturated carbocycles. The molecule has 0 aliphatic carbocycles. The van der Waals surface area contributed by atoms with E-state index in [4.69, 9.17) is 0 Å². The van der Waals surface area contributed by atoms with Gasteiger partial charge in [0, 0.05) is 6.04 Å². The molecule has 0 N–H and O–H groups in total. The summed E-state index contributed by atoms with van der Waals surface area (Å²) in [6, 6.07) is 22.7. The Morgan fingerprint density at radius 2 is 0.909 bits per heavy atom. The summed E-state index contributed by atoms with van der Waals surface area (Å²) in [5.74, 6) is -1.54. The molecule has 7 nitrogen and oxygen atoms in total. The molecule has 4 amide bonds. The molecular weight excluding hydrogens is 418 g/mol. The van der Waals surface area contributed by atoms with Gasteiger partial charge in [-0.2, -0.15) is 0 Å². The van der Waals surface area contributed by atoms with Crippen LogP contribution in [0, 0.1) is 0 Å². The van der Waals surface area contributed by atoms with Crippen molar-refractivity contribution in [1.29, 1.82) is 0 Å². The quantitative estimate of drug-likeness (QED) is 0.549. The molecule has 2 aliphatic rings. The highest BCUT2D eigenvalue weighted by Gasteiger charge is 2.40. The minimum Gasteiger partial charge on any atom is -0.269 e. The zero-order valence-electron chi connectivity index (χ0n) is 18.0. The Labute approximate surface area is 190 Å². The van der Waals surface area contributed by atoms with Gasteiger partial charge in [0.25, 0.3) is 23.6 Å². The predicted octanol–water partition coefficient (Wildman–Crippen LogP) is 3.56. The van der Waals surface area contributed by atoms with Crippen LogP contribution in [0.3, 0.4) is 0 Å². The van der Waals surface area contributed by atoms with Gasteiger partial charge in [0.1, 0.15) is 0 Å². The monoisotopic (exact) mass is 439 g/mol. The Morgan fingerprint density at radius 1 is 0.576 bits per heavy atom. The van der Waals surface area contributed by atoms with E-state index in [0.717, 1.165) is 5.56 Å². The van der Waals surface area contributed by atoms with E-state index in [1.807, 2.05) is 37.3 Å². The number of benzene rings is 3. The van der Waals surface area contributed by atoms with Gasteiger partial charge in [0.2, 0.25) is 0 Å². The fourth-order valence-electron chi connectivity index (χ4n) is 4.33. The second-order valence-corrected chi connectivity index (χ2v) is 8.13. The molecule has 0 bridgehead atoms. The van der Waals surface area contributed by atoms with Gasteiger partial charge >= 0.3 is 0 Å². The summed E-state index contributed by atoms with van der Waals surface area (Å²) in [5.41, 5.74) is 2.36. The number of rotatable bonds is 6. The van der Waals surface area contributed by atoms with Gasteiger partial charge in [-0.3, -0.25) is 33.9 Å². The average Bonchev–Trinajstić information content (AvgIpc) is 3.24. The first-order valence-corrected chi connectivity index (χ1v) is 10.7. The third-order valence-electron chi connectivity index (χ3n) is 6.23. The third-order valence-corrected chi connectivity index (χ3v) is 6.23. The molecule has 1 unspecified atom stereocenters. The lowest BCUT2D eigenvalue weighted by Crippen LogP contribution is -2.48. The zero-order chi connectivity index (χ0) is 23.1. The van der Waals surface area contributed by atoms with Crippen LogP contribution >= 0.6 is 0 Å². The van der Waals surface area contributed by atoms with Crippen molar-refractivity contribution < 1.29 is 19.2 Å². The van der Waals surface area contributed by atoms with Crippen LogP contribution in [0.1, 0.15) is 60.0 Å². The van der Waals surface area contributed by atoms with Gasteiger partial charge in [0.15, 0.2) is 0 Å². The van der Waals surface area contributed by atoms with Crippen LogP contribution in [0.15, 0.2) is 78.9 Å². The van der Waals surface area contributed by atoms with Crippen LogP contribution in [0.5, 0.6) is 0 Å². The van der Waals surface area contributed by atoms with Gasteiger partial charge in [-0.1, -0.05) is 54.6 Å². The van der Waals surface area contributed by atoms with Crippen molar-refractivity contribution in [1.82, 2.24) is 14.7 Å². The first-order chi connectivity index (χ1) is 16.0. The van der Waals surface area contributed by atoms with Crippen molar-refractivity contribution in [3.05, 3.63) is 107 Å². The summed E-state index contributed by atoms with van der Waals surface area (Å²) in [4.78, 5) is 56.0. The lowest BCUT2D eigenvalue weighted by atomic mass is 10.1. The van der Waals surface area contributed by atoms with Crippen LogP contribution in [0.4, 0.5) is 0 Å². The Morgan fingerprint density at radius 3 is 1.27 bits per heavy atom. The maximum Gasteiger partial charge on any atom is 0.262 e. The van der Waals surface area contributed by atoms with Crippen LogP contribution in [-0.2, 0) is 0 Å². The number of carbonyl (C=O) groups excluding carboxylic acids is 4. The molecule has 0 spiro atoms. The predicted molar refractivity (Wildman–Crippen MR) is 120 cm³/mol. The fourth-order valence-corrected chi connectivity index (χ4v) is 4.33. The lowest BCUT2D eigenvalue weighted by molar-refractivity contribution is 0.0309. The summed E-state index contributed by atoms with van der Waals surface area (Å²) in [6.07, 6.45) is 0. The number of hydrogen-bond acceptors (Lipinski definition) is 5. The summed E-state index contributed by atoms with van der Waals surface area (Å²) >= 11 is 0. The molecule has 5 rings (SSSR count). The van der Waals surface area contributed by atoms with Crippen LogP contribution in [0.25, 0.3) is 0 Å². The van der Waals surface area contributed by atoms with Crippen molar-refractivity contribution in [3.63, 3.8) is 0 Å². The number of fused-ring (bicyclic) bond motifs is 2. The molecule has 3 aromatic carbocycles. The summed E-state index contributed by atoms with van der Waals surface area (Å²) in [6.45, 7) is 1.80. The summed E-state index contributed by atoms with van der Waals surface area (Å²) < 4.78 is 0. The average molecular weight is 439 g/mol. The standard InChI is InChI=1S/C26H21N3O4/c1-17(18-9-3-2-4-10-18)27(15-28-23(30)19-11-5-6-12-20(19)24(28)31)16-29-25(32)21-13-7-8-14-22(21)26(29)33/h2-14,17H,15-16H2,1H3. The van der Waals surface area contributed by atoms with Crippen LogP contribution in [-0.4, -0.2) is 51.7 Å². The molecule has 0 fully saturated rings. The van der Waals surface area contributed by atoms with Crippen molar-refractivity contribution in [2.24, 2.45) is 0 Å². The first-order valence-electron chi connectivity index (χ1n) is 10.7. The van der Waals surface area contributed by atoms with Gasteiger partial charge in [0.05, 0.1) is 35.6 Å². The summed E-state index contributed by atoms with van der Waals surface area (Å²) in [5, 5.41) is 0. The first kappa shape index (κ1) is 20.8. The van der Waals surface area contributed by atoms with E-state index in [1.165, 1.54) is 9.80 Å². The van der Waals surface area contributed by atoms with E-state index in [-0.39, 0.29) is 43.0 Å². The van der Waals surface area contributed by atoms with Crippen LogP contribution in [0.2, 0.25) is 0 Å². The van der Waals surface area contributed by atoms with Crippen molar-refractivity contribution in [2.75, 3.05) is 13.3 Å². The molecule has 164 valence electrons. The number of carbonyl (C=O) groups is 4. The van der Waals surface area contributed by atoms with E-state index < -0.39 is 0 Å². The minimum atomic E-state index is -0.386. The molecule has 0 radical (unpaired) electrons. The maximum atomic E-state index is 13.0.